The highest BCUT2D eigenvalue weighted by Crippen LogP contribution is 2.31. The zero-order chi connectivity index (χ0) is 16.2. The highest BCUT2D eigenvalue weighted by molar-refractivity contribution is 6.30. The third-order valence-corrected chi connectivity index (χ3v) is 4.50. The Morgan fingerprint density at radius 3 is 3.00 bits per heavy atom. The monoisotopic (exact) mass is 370 g/mol. The number of halogens is 2. The summed E-state index contributed by atoms with van der Waals surface area (Å²) in [5.74, 6) is 1.11. The Kier molecular flexibility index (Phi) is 6.60. The van der Waals surface area contributed by atoms with Crippen LogP contribution >= 0.6 is 24.0 Å². The molecule has 0 unspecified atom stereocenters. The van der Waals surface area contributed by atoms with Crippen molar-refractivity contribution >= 4 is 29.9 Å². The molecule has 0 spiro atoms. The van der Waals surface area contributed by atoms with Gasteiger partial charge in [-0.15, -0.1) is 12.4 Å². The molecule has 1 fully saturated rings. The molecule has 6 nitrogen and oxygen atoms in total. The van der Waals surface area contributed by atoms with Crippen molar-refractivity contribution in [3.8, 4) is 11.4 Å². The molecule has 2 atom stereocenters. The molecule has 1 heterocycles. The minimum absolute atomic E-state index is 0. The standard InChI is InChI=1S/C16H19ClN4O2.ClH/c17-12-5-1-3-10(7-12)15-20-14(23-21-15)9-19-16(22)13-6-2-4-11(13)8-18;/h1,3,5,7,11,13H,2,4,6,8-9,18H2,(H,19,22);1H/t11-,13-;/m1./s1. The second-order valence-electron chi connectivity index (χ2n) is 5.77. The molecule has 1 aliphatic carbocycles. The predicted octanol–water partition coefficient (Wildman–Crippen LogP) is 2.80. The van der Waals surface area contributed by atoms with Gasteiger partial charge in [-0.3, -0.25) is 4.79 Å². The van der Waals surface area contributed by atoms with Gasteiger partial charge in [-0.25, -0.2) is 0 Å². The molecule has 1 saturated carbocycles. The number of rotatable bonds is 5. The van der Waals surface area contributed by atoms with Crippen LogP contribution in [0.5, 0.6) is 0 Å². The number of hydrogen-bond donors (Lipinski definition) is 2. The number of nitrogens with two attached hydrogens (primary N) is 1. The summed E-state index contributed by atoms with van der Waals surface area (Å²) >= 11 is 5.95. The maximum Gasteiger partial charge on any atom is 0.246 e. The van der Waals surface area contributed by atoms with Crippen LogP contribution in [0, 0.1) is 11.8 Å². The average Bonchev–Trinajstić information content (AvgIpc) is 3.21. The minimum Gasteiger partial charge on any atom is -0.347 e. The van der Waals surface area contributed by atoms with E-state index in [1.54, 1.807) is 12.1 Å². The molecule has 0 bridgehead atoms. The van der Waals surface area contributed by atoms with Crippen LogP contribution in [0.4, 0.5) is 0 Å². The first-order chi connectivity index (χ1) is 11.2. The normalized spacial score (nSPS) is 19.8. The van der Waals surface area contributed by atoms with Crippen LogP contribution in [0.25, 0.3) is 11.4 Å². The van der Waals surface area contributed by atoms with E-state index in [1.807, 2.05) is 12.1 Å². The lowest BCUT2D eigenvalue weighted by atomic mass is 9.95. The van der Waals surface area contributed by atoms with Gasteiger partial charge in [0.2, 0.25) is 17.6 Å². The number of carbonyl (C=O) groups excluding carboxylic acids is 1. The van der Waals surface area contributed by atoms with Gasteiger partial charge < -0.3 is 15.6 Å². The summed E-state index contributed by atoms with van der Waals surface area (Å²) in [5, 5.41) is 7.39. The molecule has 3 N–H and O–H groups in total. The maximum atomic E-state index is 12.2. The fourth-order valence-corrected chi connectivity index (χ4v) is 3.22. The summed E-state index contributed by atoms with van der Waals surface area (Å²) in [6, 6.07) is 7.22. The van der Waals surface area contributed by atoms with Crippen molar-refractivity contribution < 1.29 is 9.32 Å². The summed E-state index contributed by atoms with van der Waals surface area (Å²) in [6.07, 6.45) is 2.97. The number of nitrogens with zero attached hydrogens (tertiary/aromatic N) is 2. The molecular formula is C16H20Cl2N4O2. The van der Waals surface area contributed by atoms with Gasteiger partial charge in [0.1, 0.15) is 0 Å². The van der Waals surface area contributed by atoms with E-state index in [2.05, 4.69) is 15.5 Å². The molecule has 1 aromatic heterocycles. The third kappa shape index (κ3) is 4.26. The first kappa shape index (κ1) is 18.7. The topological polar surface area (TPSA) is 94.0 Å². The molecule has 3 rings (SSSR count). The number of aromatic nitrogens is 2. The summed E-state index contributed by atoms with van der Waals surface area (Å²) in [4.78, 5) is 16.5. The van der Waals surface area contributed by atoms with Gasteiger partial charge in [0.05, 0.1) is 6.54 Å². The van der Waals surface area contributed by atoms with E-state index in [0.29, 0.717) is 23.3 Å². The highest BCUT2D eigenvalue weighted by atomic mass is 35.5. The molecule has 8 heteroatoms. The third-order valence-electron chi connectivity index (χ3n) is 4.26. The molecule has 1 aromatic carbocycles. The SMILES string of the molecule is Cl.NC[C@H]1CCC[C@H]1C(=O)NCc1nc(-c2cccc(Cl)c2)no1. The summed E-state index contributed by atoms with van der Waals surface area (Å²) < 4.78 is 5.18. The Labute approximate surface area is 151 Å². The molecule has 2 aromatic rings. The van der Waals surface area contributed by atoms with Crippen LogP contribution in [-0.4, -0.2) is 22.6 Å². The first-order valence-electron chi connectivity index (χ1n) is 7.73. The Morgan fingerprint density at radius 1 is 1.42 bits per heavy atom. The molecule has 24 heavy (non-hydrogen) atoms. The van der Waals surface area contributed by atoms with Gasteiger partial charge in [0.25, 0.3) is 0 Å². The molecule has 1 aliphatic rings. The van der Waals surface area contributed by atoms with Gasteiger partial charge in [-0.05, 0) is 37.4 Å². The van der Waals surface area contributed by atoms with Crippen molar-refractivity contribution in [3.05, 3.63) is 35.2 Å². The van der Waals surface area contributed by atoms with E-state index < -0.39 is 0 Å². The summed E-state index contributed by atoms with van der Waals surface area (Å²) in [5.41, 5.74) is 6.49. The largest absolute Gasteiger partial charge is 0.347 e. The van der Waals surface area contributed by atoms with Crippen molar-refractivity contribution in [2.75, 3.05) is 6.54 Å². The van der Waals surface area contributed by atoms with Gasteiger partial charge in [-0.1, -0.05) is 35.3 Å². The van der Waals surface area contributed by atoms with E-state index >= 15 is 0 Å². The van der Waals surface area contributed by atoms with Gasteiger partial charge in [0.15, 0.2) is 0 Å². The smallest absolute Gasteiger partial charge is 0.246 e. The number of nitrogens with one attached hydrogen (secondary N) is 1. The van der Waals surface area contributed by atoms with Gasteiger partial charge in [0, 0.05) is 16.5 Å². The minimum atomic E-state index is -0.00433. The zero-order valence-electron chi connectivity index (χ0n) is 13.1. The van der Waals surface area contributed by atoms with Crippen LogP contribution in [-0.2, 0) is 11.3 Å². The number of benzene rings is 1. The van der Waals surface area contributed by atoms with Crippen molar-refractivity contribution in [1.29, 1.82) is 0 Å². The lowest BCUT2D eigenvalue weighted by molar-refractivity contribution is -0.126. The Balaban J connectivity index is 0.00000208. The average molecular weight is 371 g/mol. The van der Waals surface area contributed by atoms with Crippen molar-refractivity contribution in [2.24, 2.45) is 17.6 Å². The van der Waals surface area contributed by atoms with E-state index in [-0.39, 0.29) is 36.7 Å². The Morgan fingerprint density at radius 2 is 2.25 bits per heavy atom. The van der Waals surface area contributed by atoms with Crippen LogP contribution < -0.4 is 11.1 Å². The second-order valence-corrected chi connectivity index (χ2v) is 6.21. The predicted molar refractivity (Wildman–Crippen MR) is 93.7 cm³/mol. The number of hydrogen-bond acceptors (Lipinski definition) is 5. The molecule has 0 radical (unpaired) electrons. The number of carbonyl (C=O) groups is 1. The van der Waals surface area contributed by atoms with Crippen LogP contribution in [0.2, 0.25) is 5.02 Å². The van der Waals surface area contributed by atoms with E-state index in [0.717, 1.165) is 24.8 Å². The molecule has 130 valence electrons. The molecule has 0 aliphatic heterocycles. The van der Waals surface area contributed by atoms with Crippen LogP contribution in [0.3, 0.4) is 0 Å². The van der Waals surface area contributed by atoms with Crippen molar-refractivity contribution in [1.82, 2.24) is 15.5 Å². The van der Waals surface area contributed by atoms with Crippen molar-refractivity contribution in [3.63, 3.8) is 0 Å². The first-order valence-corrected chi connectivity index (χ1v) is 8.11. The lowest BCUT2D eigenvalue weighted by Gasteiger charge is -2.16. The molecule has 0 saturated heterocycles. The molecular weight excluding hydrogens is 351 g/mol. The van der Waals surface area contributed by atoms with E-state index in [9.17, 15) is 4.79 Å². The lowest BCUT2D eigenvalue weighted by Crippen LogP contribution is -2.34. The molecule has 1 amide bonds. The van der Waals surface area contributed by atoms with Gasteiger partial charge >= 0.3 is 0 Å². The highest BCUT2D eigenvalue weighted by Gasteiger charge is 2.31. The quantitative estimate of drug-likeness (QED) is 0.843. The second kappa shape index (κ2) is 8.46. The summed E-state index contributed by atoms with van der Waals surface area (Å²) in [7, 11) is 0. The Hall–Kier alpha value is -1.63. The summed E-state index contributed by atoms with van der Waals surface area (Å²) in [6.45, 7) is 0.776. The van der Waals surface area contributed by atoms with Gasteiger partial charge in [-0.2, -0.15) is 4.98 Å². The Bertz CT molecular complexity index is 692. The maximum absolute atomic E-state index is 12.2. The fraction of sp³-hybridized carbons (Fsp3) is 0.438. The van der Waals surface area contributed by atoms with E-state index in [1.165, 1.54) is 0 Å². The van der Waals surface area contributed by atoms with Crippen LogP contribution in [0.1, 0.15) is 25.2 Å². The van der Waals surface area contributed by atoms with Crippen LogP contribution in [0.15, 0.2) is 28.8 Å². The number of amides is 1. The zero-order valence-corrected chi connectivity index (χ0v) is 14.6. The fourth-order valence-electron chi connectivity index (χ4n) is 3.03. The van der Waals surface area contributed by atoms with E-state index in [4.69, 9.17) is 21.9 Å². The van der Waals surface area contributed by atoms with Crippen molar-refractivity contribution in [2.45, 2.75) is 25.8 Å².